The van der Waals surface area contributed by atoms with Gasteiger partial charge in [-0.05, 0) is 38.5 Å². The van der Waals surface area contributed by atoms with Crippen molar-refractivity contribution in [2.24, 2.45) is 0 Å². The van der Waals surface area contributed by atoms with Gasteiger partial charge in [0.2, 0.25) is 0 Å². The summed E-state index contributed by atoms with van der Waals surface area (Å²) in [4.78, 5) is 22.4. The normalized spacial score (nSPS) is 14.6. The maximum Gasteiger partial charge on any atom is 0.338 e. The SMILES string of the molecule is CC(c1ccc(C(=O)OC(C)(C)C)cc1)C(Br)C=O. The van der Waals surface area contributed by atoms with E-state index in [1.165, 1.54) is 0 Å². The minimum atomic E-state index is -0.498. The minimum absolute atomic E-state index is 0.0604. The molecule has 0 aromatic heterocycles. The average Bonchev–Trinajstić information content (AvgIpc) is 2.35. The van der Waals surface area contributed by atoms with Crippen LogP contribution >= 0.6 is 15.9 Å². The monoisotopic (exact) mass is 326 g/mol. The minimum Gasteiger partial charge on any atom is -0.456 e. The first-order valence-electron chi connectivity index (χ1n) is 6.17. The van der Waals surface area contributed by atoms with Crippen LogP contribution in [0.5, 0.6) is 0 Å². The van der Waals surface area contributed by atoms with E-state index in [4.69, 9.17) is 4.74 Å². The Bertz CT molecular complexity index is 445. The summed E-state index contributed by atoms with van der Waals surface area (Å²) in [5.41, 5.74) is 1.02. The van der Waals surface area contributed by atoms with Crippen LogP contribution < -0.4 is 0 Å². The van der Waals surface area contributed by atoms with Gasteiger partial charge in [0, 0.05) is 5.92 Å². The number of benzene rings is 1. The Morgan fingerprint density at radius 1 is 1.26 bits per heavy atom. The van der Waals surface area contributed by atoms with Gasteiger partial charge < -0.3 is 9.53 Å². The fraction of sp³-hybridized carbons (Fsp3) is 0.467. The first kappa shape index (κ1) is 15.9. The number of esters is 1. The van der Waals surface area contributed by atoms with Crippen molar-refractivity contribution in [2.45, 2.75) is 44.0 Å². The number of aldehydes is 1. The van der Waals surface area contributed by atoms with Crippen LogP contribution in [0.25, 0.3) is 0 Å². The Morgan fingerprint density at radius 3 is 2.21 bits per heavy atom. The van der Waals surface area contributed by atoms with Crippen LogP contribution in [0.2, 0.25) is 0 Å². The fourth-order valence-electron chi connectivity index (χ4n) is 1.56. The molecule has 0 spiro atoms. The lowest BCUT2D eigenvalue weighted by Crippen LogP contribution is -2.23. The first-order chi connectivity index (χ1) is 8.74. The van der Waals surface area contributed by atoms with Gasteiger partial charge in [0.15, 0.2) is 0 Å². The Hall–Kier alpha value is -1.16. The highest BCUT2D eigenvalue weighted by Gasteiger charge is 2.19. The predicted molar refractivity (Wildman–Crippen MR) is 78.8 cm³/mol. The maximum absolute atomic E-state index is 11.8. The van der Waals surface area contributed by atoms with Crippen molar-refractivity contribution in [3.05, 3.63) is 35.4 Å². The van der Waals surface area contributed by atoms with Crippen molar-refractivity contribution in [3.63, 3.8) is 0 Å². The van der Waals surface area contributed by atoms with Crippen molar-refractivity contribution in [2.75, 3.05) is 0 Å². The lowest BCUT2D eigenvalue weighted by Gasteiger charge is -2.20. The van der Waals surface area contributed by atoms with Gasteiger partial charge in [-0.2, -0.15) is 0 Å². The first-order valence-corrected chi connectivity index (χ1v) is 7.09. The molecule has 2 atom stereocenters. The second-order valence-corrected chi connectivity index (χ2v) is 6.55. The van der Waals surface area contributed by atoms with Crippen molar-refractivity contribution in [1.82, 2.24) is 0 Å². The van der Waals surface area contributed by atoms with Crippen LogP contribution in [-0.2, 0) is 9.53 Å². The zero-order valence-electron chi connectivity index (χ0n) is 11.6. The summed E-state index contributed by atoms with van der Waals surface area (Å²) in [6, 6.07) is 7.15. The molecule has 0 N–H and O–H groups in total. The number of alkyl halides is 1. The Kier molecular flexibility index (Phi) is 5.29. The number of halogens is 1. The van der Waals surface area contributed by atoms with E-state index in [0.717, 1.165) is 11.8 Å². The number of rotatable bonds is 4. The predicted octanol–water partition coefficient (Wildman–Crippen LogP) is 3.71. The second-order valence-electron chi connectivity index (χ2n) is 5.49. The molecule has 0 bridgehead atoms. The molecule has 2 unspecified atom stereocenters. The van der Waals surface area contributed by atoms with Gasteiger partial charge >= 0.3 is 5.97 Å². The third-order valence-electron chi connectivity index (χ3n) is 2.68. The van der Waals surface area contributed by atoms with E-state index in [-0.39, 0.29) is 16.7 Å². The molecule has 0 fully saturated rings. The van der Waals surface area contributed by atoms with Crippen LogP contribution in [0.15, 0.2) is 24.3 Å². The zero-order chi connectivity index (χ0) is 14.6. The van der Waals surface area contributed by atoms with E-state index >= 15 is 0 Å². The van der Waals surface area contributed by atoms with Crippen LogP contribution in [0.1, 0.15) is 49.5 Å². The quantitative estimate of drug-likeness (QED) is 0.481. The lowest BCUT2D eigenvalue weighted by molar-refractivity contribution is -0.107. The van der Waals surface area contributed by atoms with Gasteiger partial charge in [0.05, 0.1) is 10.4 Å². The van der Waals surface area contributed by atoms with Gasteiger partial charge in [0.1, 0.15) is 11.9 Å². The fourth-order valence-corrected chi connectivity index (χ4v) is 1.87. The Balaban J connectivity index is 2.82. The Labute approximate surface area is 122 Å². The van der Waals surface area contributed by atoms with E-state index in [0.29, 0.717) is 5.56 Å². The molecule has 19 heavy (non-hydrogen) atoms. The molecule has 0 aliphatic carbocycles. The molecule has 0 aliphatic rings. The van der Waals surface area contributed by atoms with Crippen molar-refractivity contribution in [3.8, 4) is 0 Å². The molecule has 0 heterocycles. The van der Waals surface area contributed by atoms with Crippen LogP contribution in [0, 0.1) is 0 Å². The molecule has 4 heteroatoms. The third kappa shape index (κ3) is 4.78. The summed E-state index contributed by atoms with van der Waals surface area (Å²) in [6.45, 7) is 7.46. The van der Waals surface area contributed by atoms with Crippen molar-refractivity contribution < 1.29 is 14.3 Å². The molecule has 0 amide bonds. The van der Waals surface area contributed by atoms with E-state index in [2.05, 4.69) is 15.9 Å². The standard InChI is InChI=1S/C15H19BrO3/c1-10(13(16)9-17)11-5-7-12(8-6-11)14(18)19-15(2,3)4/h5-10,13H,1-4H3. The van der Waals surface area contributed by atoms with Crippen molar-refractivity contribution in [1.29, 1.82) is 0 Å². The topological polar surface area (TPSA) is 43.4 Å². The highest BCUT2D eigenvalue weighted by molar-refractivity contribution is 9.10. The zero-order valence-corrected chi connectivity index (χ0v) is 13.2. The molecular weight excluding hydrogens is 308 g/mol. The number of hydrogen-bond acceptors (Lipinski definition) is 3. The molecular formula is C15H19BrO3. The smallest absolute Gasteiger partial charge is 0.338 e. The molecule has 1 aromatic carbocycles. The number of carbonyl (C=O) groups is 2. The molecule has 0 aliphatic heterocycles. The maximum atomic E-state index is 11.8. The van der Waals surface area contributed by atoms with Gasteiger partial charge in [-0.3, -0.25) is 0 Å². The molecule has 1 rings (SSSR count). The van der Waals surface area contributed by atoms with Crippen LogP contribution in [0.4, 0.5) is 0 Å². The average molecular weight is 327 g/mol. The lowest BCUT2D eigenvalue weighted by atomic mass is 9.97. The van der Waals surface area contributed by atoms with E-state index in [1.54, 1.807) is 12.1 Å². The summed E-state index contributed by atoms with van der Waals surface area (Å²) < 4.78 is 5.29. The Morgan fingerprint density at radius 2 is 1.79 bits per heavy atom. The van der Waals surface area contributed by atoms with E-state index in [1.807, 2.05) is 39.8 Å². The number of carbonyl (C=O) groups excluding carboxylic acids is 2. The summed E-state index contributed by atoms with van der Waals surface area (Å²) >= 11 is 3.31. The van der Waals surface area contributed by atoms with Gasteiger partial charge in [-0.1, -0.05) is 35.0 Å². The van der Waals surface area contributed by atoms with Crippen LogP contribution in [0.3, 0.4) is 0 Å². The number of hydrogen-bond donors (Lipinski definition) is 0. The molecule has 0 saturated carbocycles. The van der Waals surface area contributed by atoms with Gasteiger partial charge in [-0.15, -0.1) is 0 Å². The van der Waals surface area contributed by atoms with Crippen molar-refractivity contribution >= 4 is 28.2 Å². The third-order valence-corrected chi connectivity index (χ3v) is 3.69. The summed E-state index contributed by atoms with van der Waals surface area (Å²) in [6.07, 6.45) is 0.868. The molecule has 0 radical (unpaired) electrons. The summed E-state index contributed by atoms with van der Waals surface area (Å²) in [5, 5.41) is 0. The van der Waals surface area contributed by atoms with Gasteiger partial charge in [-0.25, -0.2) is 4.79 Å². The number of ether oxygens (including phenoxy) is 1. The van der Waals surface area contributed by atoms with E-state index in [9.17, 15) is 9.59 Å². The molecule has 104 valence electrons. The van der Waals surface area contributed by atoms with E-state index < -0.39 is 5.60 Å². The molecule has 3 nitrogen and oxygen atoms in total. The largest absolute Gasteiger partial charge is 0.456 e. The summed E-state index contributed by atoms with van der Waals surface area (Å²) in [5.74, 6) is -0.275. The highest BCUT2D eigenvalue weighted by Crippen LogP contribution is 2.24. The summed E-state index contributed by atoms with van der Waals surface area (Å²) in [7, 11) is 0. The second kappa shape index (κ2) is 6.33. The van der Waals surface area contributed by atoms with Gasteiger partial charge in [0.25, 0.3) is 0 Å². The van der Waals surface area contributed by atoms with Crippen LogP contribution in [-0.4, -0.2) is 22.7 Å². The molecule has 0 saturated heterocycles. The highest BCUT2D eigenvalue weighted by atomic mass is 79.9. The molecule has 1 aromatic rings.